The van der Waals surface area contributed by atoms with Crippen molar-refractivity contribution in [3.8, 4) is 17.4 Å². The molecule has 0 fully saturated rings. The van der Waals surface area contributed by atoms with Crippen LogP contribution in [0.4, 0.5) is 13.2 Å². The standard InChI is InChI=1S/C11H7ClF3NO2/c12-4-5-1-9(17)16(11(5)18)10-7(14)2-6(13)3-8(10)15/h1-3,17-18H,4H2. The Morgan fingerprint density at radius 3 is 2.06 bits per heavy atom. The first-order valence-electron chi connectivity index (χ1n) is 4.79. The quantitative estimate of drug-likeness (QED) is 0.829. The highest BCUT2D eigenvalue weighted by atomic mass is 35.5. The van der Waals surface area contributed by atoms with Crippen LogP contribution in [0.5, 0.6) is 11.8 Å². The van der Waals surface area contributed by atoms with Gasteiger partial charge in [-0.2, -0.15) is 0 Å². The first-order chi connectivity index (χ1) is 8.45. The van der Waals surface area contributed by atoms with Crippen molar-refractivity contribution in [1.82, 2.24) is 4.57 Å². The molecule has 2 N–H and O–H groups in total. The van der Waals surface area contributed by atoms with Crippen LogP contribution in [0.1, 0.15) is 5.56 Å². The predicted octanol–water partition coefficient (Wildman–Crippen LogP) is 3.04. The molecule has 0 aliphatic carbocycles. The molecule has 18 heavy (non-hydrogen) atoms. The second-order valence-electron chi connectivity index (χ2n) is 3.54. The minimum Gasteiger partial charge on any atom is -0.494 e. The Balaban J connectivity index is 2.73. The van der Waals surface area contributed by atoms with Crippen molar-refractivity contribution < 1.29 is 23.4 Å². The Bertz CT molecular complexity index is 590. The van der Waals surface area contributed by atoms with Crippen molar-refractivity contribution in [2.24, 2.45) is 0 Å². The van der Waals surface area contributed by atoms with Gasteiger partial charge in [-0.15, -0.1) is 11.6 Å². The van der Waals surface area contributed by atoms with Gasteiger partial charge in [-0.3, -0.25) is 0 Å². The van der Waals surface area contributed by atoms with Crippen LogP contribution in [0.2, 0.25) is 0 Å². The largest absolute Gasteiger partial charge is 0.494 e. The zero-order valence-electron chi connectivity index (χ0n) is 8.79. The Hall–Kier alpha value is -1.82. The molecule has 1 aromatic heterocycles. The van der Waals surface area contributed by atoms with Crippen LogP contribution in [0.3, 0.4) is 0 Å². The Kier molecular flexibility index (Phi) is 3.13. The van der Waals surface area contributed by atoms with Gasteiger partial charge in [-0.05, 0) is 0 Å². The van der Waals surface area contributed by atoms with Crippen molar-refractivity contribution in [3.63, 3.8) is 0 Å². The SMILES string of the molecule is Oc1cc(CCl)c(O)n1-c1c(F)cc(F)cc1F. The van der Waals surface area contributed by atoms with Crippen LogP contribution >= 0.6 is 11.6 Å². The molecule has 0 amide bonds. The molecule has 96 valence electrons. The summed E-state index contributed by atoms with van der Waals surface area (Å²) >= 11 is 5.48. The van der Waals surface area contributed by atoms with E-state index in [-0.39, 0.29) is 11.4 Å². The topological polar surface area (TPSA) is 45.4 Å². The molecule has 7 heteroatoms. The fourth-order valence-electron chi connectivity index (χ4n) is 1.60. The van der Waals surface area contributed by atoms with E-state index in [1.807, 2.05) is 0 Å². The van der Waals surface area contributed by atoms with Gasteiger partial charge in [0.2, 0.25) is 5.88 Å². The predicted molar refractivity (Wildman–Crippen MR) is 58.5 cm³/mol. The third kappa shape index (κ3) is 1.88. The fourth-order valence-corrected chi connectivity index (χ4v) is 1.80. The second-order valence-corrected chi connectivity index (χ2v) is 3.81. The molecule has 0 saturated carbocycles. The molecule has 1 heterocycles. The van der Waals surface area contributed by atoms with Gasteiger partial charge in [-0.1, -0.05) is 0 Å². The second kappa shape index (κ2) is 4.45. The molecular weight excluding hydrogens is 271 g/mol. The van der Waals surface area contributed by atoms with E-state index in [1.54, 1.807) is 0 Å². The summed E-state index contributed by atoms with van der Waals surface area (Å²) in [5.74, 6) is -4.97. The lowest BCUT2D eigenvalue weighted by Crippen LogP contribution is -2.02. The fraction of sp³-hybridized carbons (Fsp3) is 0.0909. The van der Waals surface area contributed by atoms with Gasteiger partial charge >= 0.3 is 0 Å². The number of aromatic nitrogens is 1. The molecule has 3 nitrogen and oxygen atoms in total. The maximum atomic E-state index is 13.5. The van der Waals surface area contributed by atoms with E-state index in [2.05, 4.69) is 0 Å². The van der Waals surface area contributed by atoms with Crippen LogP contribution in [-0.4, -0.2) is 14.8 Å². The first kappa shape index (κ1) is 12.6. The molecule has 0 unspecified atom stereocenters. The van der Waals surface area contributed by atoms with Gasteiger partial charge in [-0.25, -0.2) is 17.7 Å². The lowest BCUT2D eigenvalue weighted by molar-refractivity contribution is 0.392. The molecule has 0 bridgehead atoms. The number of hydrogen-bond acceptors (Lipinski definition) is 2. The number of nitrogens with zero attached hydrogens (tertiary/aromatic N) is 1. The van der Waals surface area contributed by atoms with E-state index in [4.69, 9.17) is 11.6 Å². The van der Waals surface area contributed by atoms with E-state index in [9.17, 15) is 23.4 Å². The van der Waals surface area contributed by atoms with Gasteiger partial charge in [0, 0.05) is 23.8 Å². The van der Waals surface area contributed by atoms with E-state index >= 15 is 0 Å². The van der Waals surface area contributed by atoms with Crippen molar-refractivity contribution in [3.05, 3.63) is 41.2 Å². The molecule has 0 aliphatic heterocycles. The molecule has 2 rings (SSSR count). The average molecular weight is 278 g/mol. The van der Waals surface area contributed by atoms with Gasteiger partial charge in [0.15, 0.2) is 17.5 Å². The van der Waals surface area contributed by atoms with Gasteiger partial charge in [0.25, 0.3) is 0 Å². The molecule has 0 aliphatic rings. The summed E-state index contributed by atoms with van der Waals surface area (Å²) in [6.45, 7) is 0. The number of hydrogen-bond donors (Lipinski definition) is 2. The molecule has 0 spiro atoms. The maximum Gasteiger partial charge on any atom is 0.203 e. The highest BCUT2D eigenvalue weighted by Gasteiger charge is 2.21. The van der Waals surface area contributed by atoms with Gasteiger partial charge < -0.3 is 10.2 Å². The Morgan fingerprint density at radius 1 is 1.06 bits per heavy atom. The third-order valence-corrected chi connectivity index (χ3v) is 2.67. The molecule has 0 saturated heterocycles. The summed E-state index contributed by atoms with van der Waals surface area (Å²) in [4.78, 5) is 0. The summed E-state index contributed by atoms with van der Waals surface area (Å²) in [6, 6.07) is 1.94. The van der Waals surface area contributed by atoms with Crippen molar-refractivity contribution in [2.45, 2.75) is 5.88 Å². The summed E-state index contributed by atoms with van der Waals surface area (Å²) < 4.78 is 40.3. The monoisotopic (exact) mass is 277 g/mol. The molecular formula is C11H7ClF3NO2. The Labute approximate surface area is 105 Å². The van der Waals surface area contributed by atoms with Crippen molar-refractivity contribution >= 4 is 11.6 Å². The van der Waals surface area contributed by atoms with E-state index in [0.29, 0.717) is 16.7 Å². The first-order valence-corrected chi connectivity index (χ1v) is 5.32. The molecule has 2 aromatic rings. The lowest BCUT2D eigenvalue weighted by atomic mass is 10.2. The van der Waals surface area contributed by atoms with Crippen LogP contribution in [0.25, 0.3) is 5.69 Å². The smallest absolute Gasteiger partial charge is 0.203 e. The number of halogens is 4. The number of benzene rings is 1. The summed E-state index contributed by atoms with van der Waals surface area (Å²) in [5.41, 5.74) is -0.681. The normalized spacial score (nSPS) is 10.9. The van der Waals surface area contributed by atoms with E-state index in [1.165, 1.54) is 0 Å². The minimum absolute atomic E-state index is 0.0947. The summed E-state index contributed by atoms with van der Waals surface area (Å²) in [6.07, 6.45) is 0. The zero-order valence-corrected chi connectivity index (χ0v) is 9.55. The third-order valence-electron chi connectivity index (χ3n) is 2.38. The molecule has 1 aromatic carbocycles. The van der Waals surface area contributed by atoms with Gasteiger partial charge in [0.05, 0.1) is 5.88 Å². The number of aromatic hydroxyl groups is 2. The molecule has 0 atom stereocenters. The lowest BCUT2D eigenvalue weighted by Gasteiger charge is -2.09. The van der Waals surface area contributed by atoms with E-state index in [0.717, 1.165) is 6.07 Å². The highest BCUT2D eigenvalue weighted by molar-refractivity contribution is 6.17. The number of alkyl halides is 1. The highest BCUT2D eigenvalue weighted by Crippen LogP contribution is 2.34. The summed E-state index contributed by atoms with van der Waals surface area (Å²) in [5, 5.41) is 19.2. The Morgan fingerprint density at radius 2 is 1.61 bits per heavy atom. The van der Waals surface area contributed by atoms with Gasteiger partial charge in [0.1, 0.15) is 11.5 Å². The average Bonchev–Trinajstić information content (AvgIpc) is 2.55. The minimum atomic E-state index is -1.25. The van der Waals surface area contributed by atoms with Crippen molar-refractivity contribution in [1.29, 1.82) is 0 Å². The summed E-state index contributed by atoms with van der Waals surface area (Å²) in [7, 11) is 0. The van der Waals surface area contributed by atoms with Crippen LogP contribution in [-0.2, 0) is 5.88 Å². The van der Waals surface area contributed by atoms with Crippen LogP contribution in [0, 0.1) is 17.5 Å². The number of rotatable bonds is 2. The zero-order chi connectivity index (χ0) is 13.4. The molecule has 0 radical (unpaired) electrons. The maximum absolute atomic E-state index is 13.5. The van der Waals surface area contributed by atoms with E-state index < -0.39 is 34.9 Å². The van der Waals surface area contributed by atoms with Crippen LogP contribution in [0.15, 0.2) is 18.2 Å². The van der Waals surface area contributed by atoms with Crippen molar-refractivity contribution in [2.75, 3.05) is 0 Å². The van der Waals surface area contributed by atoms with Crippen LogP contribution < -0.4 is 0 Å².